The van der Waals surface area contributed by atoms with Crippen LogP contribution in [0.2, 0.25) is 5.02 Å². The monoisotopic (exact) mass is 451 g/mol. The SMILES string of the molecule is Cc1ccc(NC(=O)CN(C)S(=O)(=O)c2cc3c(cc2C)NC(=O)[C@H](C)O3)cc1Cl. The van der Waals surface area contributed by atoms with E-state index in [4.69, 9.17) is 16.3 Å². The minimum Gasteiger partial charge on any atom is -0.479 e. The highest BCUT2D eigenvalue weighted by molar-refractivity contribution is 7.89. The molecule has 160 valence electrons. The van der Waals surface area contributed by atoms with E-state index < -0.39 is 28.6 Å². The molecule has 2 amide bonds. The van der Waals surface area contributed by atoms with Crippen LogP contribution in [0, 0.1) is 13.8 Å². The van der Waals surface area contributed by atoms with E-state index in [1.54, 1.807) is 32.0 Å². The largest absolute Gasteiger partial charge is 0.479 e. The molecule has 0 unspecified atom stereocenters. The van der Waals surface area contributed by atoms with Gasteiger partial charge in [0.05, 0.1) is 17.1 Å². The Morgan fingerprint density at radius 3 is 2.60 bits per heavy atom. The van der Waals surface area contributed by atoms with E-state index in [-0.39, 0.29) is 16.6 Å². The lowest BCUT2D eigenvalue weighted by molar-refractivity contribution is -0.122. The highest BCUT2D eigenvalue weighted by Crippen LogP contribution is 2.35. The molecule has 0 aromatic heterocycles. The molecule has 0 aliphatic carbocycles. The van der Waals surface area contributed by atoms with Gasteiger partial charge in [0.1, 0.15) is 5.75 Å². The minimum atomic E-state index is -3.98. The summed E-state index contributed by atoms with van der Waals surface area (Å²) >= 11 is 6.05. The van der Waals surface area contributed by atoms with E-state index >= 15 is 0 Å². The van der Waals surface area contributed by atoms with Crippen LogP contribution in [0.1, 0.15) is 18.1 Å². The number of aryl methyl sites for hydroxylation is 2. The van der Waals surface area contributed by atoms with Crippen LogP contribution in [-0.4, -0.2) is 44.2 Å². The first-order valence-electron chi connectivity index (χ1n) is 9.13. The van der Waals surface area contributed by atoms with E-state index in [0.29, 0.717) is 22.0 Å². The zero-order valence-corrected chi connectivity index (χ0v) is 18.5. The maximum atomic E-state index is 13.1. The fraction of sp³-hybridized carbons (Fsp3) is 0.300. The van der Waals surface area contributed by atoms with Crippen molar-refractivity contribution in [2.75, 3.05) is 24.2 Å². The quantitative estimate of drug-likeness (QED) is 0.727. The fourth-order valence-corrected chi connectivity index (χ4v) is 4.47. The van der Waals surface area contributed by atoms with Gasteiger partial charge in [0.25, 0.3) is 5.91 Å². The molecular weight excluding hydrogens is 430 g/mol. The fourth-order valence-electron chi connectivity index (χ4n) is 2.95. The second kappa shape index (κ2) is 8.25. The number of hydrogen-bond donors (Lipinski definition) is 2. The predicted molar refractivity (Wildman–Crippen MR) is 115 cm³/mol. The first kappa shape index (κ1) is 22.1. The molecule has 0 fully saturated rings. The van der Waals surface area contributed by atoms with Gasteiger partial charge in [-0.2, -0.15) is 4.31 Å². The lowest BCUT2D eigenvalue weighted by Crippen LogP contribution is -2.36. The van der Waals surface area contributed by atoms with Gasteiger partial charge in [-0.15, -0.1) is 0 Å². The number of hydrogen-bond acceptors (Lipinski definition) is 5. The number of amides is 2. The third-order valence-corrected chi connectivity index (χ3v) is 7.07. The number of benzene rings is 2. The molecule has 0 saturated heterocycles. The Labute approximate surface area is 180 Å². The van der Waals surface area contributed by atoms with Gasteiger partial charge in [-0.25, -0.2) is 8.42 Å². The minimum absolute atomic E-state index is 0.00159. The average Bonchev–Trinajstić information content (AvgIpc) is 2.65. The summed E-state index contributed by atoms with van der Waals surface area (Å²) in [5.74, 6) is -0.547. The Balaban J connectivity index is 1.79. The Bertz CT molecular complexity index is 1130. The third-order valence-electron chi connectivity index (χ3n) is 4.72. The van der Waals surface area contributed by atoms with Crippen molar-refractivity contribution in [1.29, 1.82) is 0 Å². The number of carbonyl (C=O) groups is 2. The molecule has 8 nitrogen and oxygen atoms in total. The number of nitrogens with zero attached hydrogens (tertiary/aromatic N) is 1. The summed E-state index contributed by atoms with van der Waals surface area (Å²) in [5, 5.41) is 5.82. The van der Waals surface area contributed by atoms with Gasteiger partial charge in [0.2, 0.25) is 15.9 Å². The van der Waals surface area contributed by atoms with Crippen molar-refractivity contribution < 1.29 is 22.7 Å². The average molecular weight is 452 g/mol. The molecule has 0 spiro atoms. The van der Waals surface area contributed by atoms with E-state index in [9.17, 15) is 18.0 Å². The van der Waals surface area contributed by atoms with Gasteiger partial charge in [0, 0.05) is 23.8 Å². The Hall–Kier alpha value is -2.62. The maximum Gasteiger partial charge on any atom is 0.265 e. The summed E-state index contributed by atoms with van der Waals surface area (Å²) in [4.78, 5) is 24.1. The molecule has 0 bridgehead atoms. The summed E-state index contributed by atoms with van der Waals surface area (Å²) in [5.41, 5.74) is 2.17. The van der Waals surface area contributed by atoms with Crippen molar-refractivity contribution in [3.05, 3.63) is 46.5 Å². The second-order valence-electron chi connectivity index (χ2n) is 7.14. The Morgan fingerprint density at radius 1 is 1.23 bits per heavy atom. The van der Waals surface area contributed by atoms with Crippen molar-refractivity contribution >= 4 is 44.8 Å². The lowest BCUT2D eigenvalue weighted by Gasteiger charge is -2.25. The first-order chi connectivity index (χ1) is 14.0. The number of nitrogens with one attached hydrogen (secondary N) is 2. The molecule has 3 rings (SSSR count). The zero-order valence-electron chi connectivity index (χ0n) is 16.9. The van der Waals surface area contributed by atoms with E-state index in [0.717, 1.165) is 9.87 Å². The van der Waals surface area contributed by atoms with Gasteiger partial charge in [-0.05, 0) is 50.1 Å². The van der Waals surface area contributed by atoms with Crippen LogP contribution in [0.3, 0.4) is 0 Å². The number of likely N-dealkylation sites (N-methyl/N-ethyl adjacent to an activating group) is 1. The van der Waals surface area contributed by atoms with Gasteiger partial charge >= 0.3 is 0 Å². The Kier molecular flexibility index (Phi) is 6.07. The van der Waals surface area contributed by atoms with Gasteiger partial charge < -0.3 is 15.4 Å². The molecule has 1 heterocycles. The molecule has 2 aromatic rings. The van der Waals surface area contributed by atoms with Crippen LogP contribution in [0.15, 0.2) is 35.2 Å². The third kappa shape index (κ3) is 4.43. The number of sulfonamides is 1. The van der Waals surface area contributed by atoms with Gasteiger partial charge in [-0.3, -0.25) is 9.59 Å². The number of fused-ring (bicyclic) bond motifs is 1. The molecule has 0 saturated carbocycles. The van der Waals surface area contributed by atoms with Crippen molar-refractivity contribution in [2.24, 2.45) is 0 Å². The second-order valence-corrected chi connectivity index (χ2v) is 9.56. The van der Waals surface area contributed by atoms with Crippen molar-refractivity contribution in [2.45, 2.75) is 31.8 Å². The van der Waals surface area contributed by atoms with Gasteiger partial charge in [0.15, 0.2) is 6.10 Å². The van der Waals surface area contributed by atoms with Crippen molar-refractivity contribution in [3.63, 3.8) is 0 Å². The van der Waals surface area contributed by atoms with E-state index in [1.807, 2.05) is 6.92 Å². The molecule has 2 aromatic carbocycles. The summed E-state index contributed by atoms with van der Waals surface area (Å²) in [6, 6.07) is 7.95. The lowest BCUT2D eigenvalue weighted by atomic mass is 10.1. The van der Waals surface area contributed by atoms with Crippen LogP contribution < -0.4 is 15.4 Å². The summed E-state index contributed by atoms with van der Waals surface area (Å²) < 4.78 is 32.6. The molecule has 1 aliphatic rings. The standard InChI is InChI=1S/C20H22ClN3O5S/c1-11-5-6-14(8-15(11)21)22-19(25)10-24(4)30(27,28)18-9-17-16(7-12(18)2)23-20(26)13(3)29-17/h5-9,13H,10H2,1-4H3,(H,22,25)(H,23,26)/t13-/m0/s1. The molecule has 0 radical (unpaired) electrons. The summed E-state index contributed by atoms with van der Waals surface area (Å²) in [6.07, 6.45) is -0.736. The molecular formula is C20H22ClN3O5S. The number of carbonyl (C=O) groups excluding carboxylic acids is 2. The van der Waals surface area contributed by atoms with Crippen LogP contribution in [0.5, 0.6) is 5.75 Å². The highest BCUT2D eigenvalue weighted by Gasteiger charge is 2.30. The molecule has 10 heteroatoms. The topological polar surface area (TPSA) is 105 Å². The normalized spacial score (nSPS) is 15.9. The zero-order chi connectivity index (χ0) is 22.2. The van der Waals surface area contributed by atoms with Crippen molar-refractivity contribution in [1.82, 2.24) is 4.31 Å². The van der Waals surface area contributed by atoms with Crippen LogP contribution in [-0.2, 0) is 19.6 Å². The molecule has 1 atom stereocenters. The molecule has 2 N–H and O–H groups in total. The van der Waals surface area contributed by atoms with Crippen LogP contribution in [0.25, 0.3) is 0 Å². The van der Waals surface area contributed by atoms with E-state index in [2.05, 4.69) is 10.6 Å². The van der Waals surface area contributed by atoms with Crippen LogP contribution in [0.4, 0.5) is 11.4 Å². The molecule has 30 heavy (non-hydrogen) atoms. The summed E-state index contributed by atoms with van der Waals surface area (Å²) in [7, 11) is -2.66. The van der Waals surface area contributed by atoms with Gasteiger partial charge in [-0.1, -0.05) is 17.7 Å². The molecule has 1 aliphatic heterocycles. The summed E-state index contributed by atoms with van der Waals surface area (Å²) in [6.45, 7) is 4.63. The Morgan fingerprint density at radius 2 is 1.93 bits per heavy atom. The van der Waals surface area contributed by atoms with Crippen molar-refractivity contribution in [3.8, 4) is 5.75 Å². The van der Waals surface area contributed by atoms with Crippen LogP contribution >= 0.6 is 11.6 Å². The predicted octanol–water partition coefficient (Wildman–Crippen LogP) is 2.94. The first-order valence-corrected chi connectivity index (χ1v) is 11.0. The number of rotatable bonds is 5. The number of anilines is 2. The number of halogens is 1. The van der Waals surface area contributed by atoms with E-state index in [1.165, 1.54) is 19.2 Å². The highest BCUT2D eigenvalue weighted by atomic mass is 35.5. The smallest absolute Gasteiger partial charge is 0.265 e. The maximum absolute atomic E-state index is 13.1. The number of ether oxygens (including phenoxy) is 1.